The van der Waals surface area contributed by atoms with Crippen LogP contribution in [0.25, 0.3) is 0 Å². The molecule has 7 heteroatoms. The van der Waals surface area contributed by atoms with Crippen LogP contribution in [0, 0.1) is 0 Å². The van der Waals surface area contributed by atoms with Gasteiger partial charge in [-0.15, -0.1) is 0 Å². The van der Waals surface area contributed by atoms with Crippen LogP contribution >= 0.6 is 23.1 Å². The van der Waals surface area contributed by atoms with Crippen LogP contribution in [-0.4, -0.2) is 39.8 Å². The molecule has 0 aliphatic carbocycles. The molecule has 1 fully saturated rings. The second kappa shape index (κ2) is 6.69. The van der Waals surface area contributed by atoms with Gasteiger partial charge in [-0.3, -0.25) is 4.79 Å². The molecule has 1 amide bonds. The maximum Gasteiger partial charge on any atom is 0.242 e. The van der Waals surface area contributed by atoms with E-state index in [-0.39, 0.29) is 11.3 Å². The van der Waals surface area contributed by atoms with Crippen molar-refractivity contribution in [1.29, 1.82) is 0 Å². The standard InChI is InChI=1S/C17H21ClN4OS/c1-17(2,3)15-19-16(24-20-15)22-9-8-21(14(23)11-22)10-12-4-6-13(18)7-5-12/h4-7H,8-11H2,1-3H3. The van der Waals surface area contributed by atoms with Gasteiger partial charge in [0.15, 0.2) is 0 Å². The Morgan fingerprint density at radius 2 is 1.92 bits per heavy atom. The molecule has 2 heterocycles. The molecule has 1 aliphatic heterocycles. The van der Waals surface area contributed by atoms with Crippen molar-refractivity contribution < 1.29 is 4.79 Å². The summed E-state index contributed by atoms with van der Waals surface area (Å²) in [5.74, 6) is 0.947. The van der Waals surface area contributed by atoms with Gasteiger partial charge >= 0.3 is 0 Å². The minimum atomic E-state index is -0.0742. The molecule has 1 aromatic heterocycles. The molecule has 1 saturated heterocycles. The number of hydrogen-bond donors (Lipinski definition) is 0. The van der Waals surface area contributed by atoms with Crippen LogP contribution in [0.1, 0.15) is 32.2 Å². The number of halogens is 1. The Bertz CT molecular complexity index is 723. The summed E-state index contributed by atoms with van der Waals surface area (Å²) >= 11 is 7.28. The van der Waals surface area contributed by atoms with E-state index in [0.717, 1.165) is 23.1 Å². The van der Waals surface area contributed by atoms with Crippen LogP contribution < -0.4 is 4.90 Å². The number of aromatic nitrogens is 2. The van der Waals surface area contributed by atoms with Crippen LogP contribution in [0.3, 0.4) is 0 Å². The van der Waals surface area contributed by atoms with Gasteiger partial charge in [-0.25, -0.2) is 4.98 Å². The molecule has 0 unspecified atom stereocenters. The maximum absolute atomic E-state index is 12.5. The van der Waals surface area contributed by atoms with E-state index < -0.39 is 0 Å². The number of carbonyl (C=O) groups is 1. The lowest BCUT2D eigenvalue weighted by Crippen LogP contribution is -2.50. The lowest BCUT2D eigenvalue weighted by atomic mass is 9.96. The Morgan fingerprint density at radius 1 is 1.21 bits per heavy atom. The smallest absolute Gasteiger partial charge is 0.242 e. The van der Waals surface area contributed by atoms with Crippen LogP contribution in [-0.2, 0) is 16.8 Å². The van der Waals surface area contributed by atoms with E-state index in [1.807, 2.05) is 34.1 Å². The Morgan fingerprint density at radius 3 is 2.50 bits per heavy atom. The molecule has 0 saturated carbocycles. The summed E-state index contributed by atoms with van der Waals surface area (Å²) in [5, 5.41) is 1.54. The fourth-order valence-corrected chi connectivity index (χ4v) is 3.51. The van der Waals surface area contributed by atoms with Gasteiger partial charge in [0.2, 0.25) is 11.0 Å². The van der Waals surface area contributed by atoms with E-state index in [9.17, 15) is 4.79 Å². The van der Waals surface area contributed by atoms with Crippen molar-refractivity contribution >= 4 is 34.2 Å². The van der Waals surface area contributed by atoms with Crippen molar-refractivity contribution in [3.8, 4) is 0 Å². The molecule has 128 valence electrons. The first-order chi connectivity index (χ1) is 11.3. The van der Waals surface area contributed by atoms with Gasteiger partial charge in [-0.1, -0.05) is 44.5 Å². The zero-order chi connectivity index (χ0) is 17.3. The number of nitrogens with zero attached hydrogens (tertiary/aromatic N) is 4. The van der Waals surface area contributed by atoms with E-state index in [2.05, 4.69) is 30.1 Å². The highest BCUT2D eigenvalue weighted by Gasteiger charge is 2.27. The highest BCUT2D eigenvalue weighted by Crippen LogP contribution is 2.26. The summed E-state index contributed by atoms with van der Waals surface area (Å²) in [6.45, 7) is 8.71. The summed E-state index contributed by atoms with van der Waals surface area (Å²) in [6.07, 6.45) is 0. The molecule has 3 rings (SSSR count). The molecule has 2 aromatic rings. The second-order valence-corrected chi connectivity index (χ2v) is 8.18. The zero-order valence-electron chi connectivity index (χ0n) is 14.1. The van der Waals surface area contributed by atoms with Crippen molar-refractivity contribution in [3.05, 3.63) is 40.7 Å². The molecule has 1 aliphatic rings. The number of rotatable bonds is 3. The molecule has 0 spiro atoms. The van der Waals surface area contributed by atoms with E-state index in [0.29, 0.717) is 24.7 Å². The topological polar surface area (TPSA) is 49.3 Å². The molecular weight excluding hydrogens is 344 g/mol. The number of piperazine rings is 1. The average molecular weight is 365 g/mol. The molecule has 1 aromatic carbocycles. The first kappa shape index (κ1) is 17.2. The molecule has 0 atom stereocenters. The summed E-state index contributed by atoms with van der Waals surface area (Å²) in [6, 6.07) is 7.63. The van der Waals surface area contributed by atoms with Gasteiger partial charge in [-0.2, -0.15) is 4.37 Å². The monoisotopic (exact) mass is 364 g/mol. The lowest BCUT2D eigenvalue weighted by molar-refractivity contribution is -0.131. The third-order valence-corrected chi connectivity index (χ3v) is 4.99. The highest BCUT2D eigenvalue weighted by molar-refractivity contribution is 7.09. The normalized spacial score (nSPS) is 15.9. The molecule has 5 nitrogen and oxygen atoms in total. The van der Waals surface area contributed by atoms with Crippen LogP contribution in [0.2, 0.25) is 5.02 Å². The predicted molar refractivity (Wildman–Crippen MR) is 97.7 cm³/mol. The first-order valence-electron chi connectivity index (χ1n) is 7.94. The SMILES string of the molecule is CC(C)(C)c1nsc(N2CCN(Cc3ccc(Cl)cc3)C(=O)C2)n1. The van der Waals surface area contributed by atoms with Gasteiger partial charge in [-0.05, 0) is 17.7 Å². The number of hydrogen-bond acceptors (Lipinski definition) is 5. The molecule has 24 heavy (non-hydrogen) atoms. The van der Waals surface area contributed by atoms with Gasteiger partial charge in [0.25, 0.3) is 0 Å². The van der Waals surface area contributed by atoms with Crippen molar-refractivity contribution in [2.75, 3.05) is 24.5 Å². The molecule has 0 N–H and O–H groups in total. The fraction of sp³-hybridized carbons (Fsp3) is 0.471. The minimum Gasteiger partial charge on any atom is -0.336 e. The predicted octanol–water partition coefficient (Wildman–Crippen LogP) is 3.34. The quantitative estimate of drug-likeness (QED) is 0.838. The molecule has 0 radical (unpaired) electrons. The van der Waals surface area contributed by atoms with Crippen molar-refractivity contribution in [2.45, 2.75) is 32.7 Å². The van der Waals surface area contributed by atoms with Crippen LogP contribution in [0.4, 0.5) is 5.13 Å². The molecule has 0 bridgehead atoms. The maximum atomic E-state index is 12.5. The molecular formula is C17H21ClN4OS. The van der Waals surface area contributed by atoms with Gasteiger partial charge < -0.3 is 9.80 Å². The second-order valence-electron chi connectivity index (χ2n) is 7.01. The Hall–Kier alpha value is -1.66. The number of amides is 1. The Labute approximate surface area is 151 Å². The number of carbonyl (C=O) groups excluding carboxylic acids is 1. The minimum absolute atomic E-state index is 0.0742. The highest BCUT2D eigenvalue weighted by atomic mass is 35.5. The number of anilines is 1. The van der Waals surface area contributed by atoms with E-state index in [4.69, 9.17) is 11.6 Å². The van der Waals surface area contributed by atoms with Crippen LogP contribution in [0.5, 0.6) is 0 Å². The zero-order valence-corrected chi connectivity index (χ0v) is 15.7. The summed E-state index contributed by atoms with van der Waals surface area (Å²) in [5.41, 5.74) is 1.02. The van der Waals surface area contributed by atoms with Crippen molar-refractivity contribution in [3.63, 3.8) is 0 Å². The van der Waals surface area contributed by atoms with Crippen molar-refractivity contribution in [2.24, 2.45) is 0 Å². The largest absolute Gasteiger partial charge is 0.336 e. The van der Waals surface area contributed by atoms with Crippen LogP contribution in [0.15, 0.2) is 24.3 Å². The average Bonchev–Trinajstić information content (AvgIpc) is 3.01. The van der Waals surface area contributed by atoms with Gasteiger partial charge in [0.1, 0.15) is 5.82 Å². The van der Waals surface area contributed by atoms with E-state index >= 15 is 0 Å². The third kappa shape index (κ3) is 3.87. The summed E-state index contributed by atoms with van der Waals surface area (Å²) in [7, 11) is 0. The van der Waals surface area contributed by atoms with Gasteiger partial charge in [0.05, 0.1) is 6.54 Å². The third-order valence-electron chi connectivity index (χ3n) is 3.96. The van der Waals surface area contributed by atoms with E-state index in [1.165, 1.54) is 11.5 Å². The Balaban J connectivity index is 1.64. The van der Waals surface area contributed by atoms with Gasteiger partial charge in [0, 0.05) is 41.6 Å². The summed E-state index contributed by atoms with van der Waals surface area (Å²) in [4.78, 5) is 21.0. The van der Waals surface area contributed by atoms with Crippen molar-refractivity contribution in [1.82, 2.24) is 14.3 Å². The summed E-state index contributed by atoms with van der Waals surface area (Å²) < 4.78 is 4.43. The van der Waals surface area contributed by atoms with E-state index in [1.54, 1.807) is 0 Å². The fourth-order valence-electron chi connectivity index (χ4n) is 2.50. The lowest BCUT2D eigenvalue weighted by Gasteiger charge is -2.34. The first-order valence-corrected chi connectivity index (χ1v) is 9.09. The Kier molecular flexibility index (Phi) is 4.78. The number of benzene rings is 1.